The van der Waals surface area contributed by atoms with E-state index in [9.17, 15) is 4.79 Å². The van der Waals surface area contributed by atoms with Gasteiger partial charge in [0.1, 0.15) is 44.2 Å². The lowest BCUT2D eigenvalue weighted by Gasteiger charge is -2.35. The molecule has 0 unspecified atom stereocenters. The molecule has 2 aromatic rings. The van der Waals surface area contributed by atoms with Gasteiger partial charge in [0, 0.05) is 24.7 Å². The van der Waals surface area contributed by atoms with Crippen LogP contribution in [0, 0.1) is 6.92 Å². The molecule has 1 amide bonds. The van der Waals surface area contributed by atoms with Crippen molar-refractivity contribution in [3.63, 3.8) is 0 Å². The summed E-state index contributed by atoms with van der Waals surface area (Å²) in [5.74, 6) is 1.18. The molecule has 0 radical (unpaired) electrons. The Balaban J connectivity index is 1.44. The molecular formula is C21H30N4O2+2. The van der Waals surface area contributed by atoms with Crippen molar-refractivity contribution in [1.29, 1.82) is 0 Å². The van der Waals surface area contributed by atoms with Crippen molar-refractivity contribution in [3.8, 4) is 0 Å². The van der Waals surface area contributed by atoms with Gasteiger partial charge in [0.15, 0.2) is 6.04 Å². The standard InChI is InChI=1S/C21H28N4O2/c1-17-15-19(22-27-17)16-23-11-13-24(14-12-23)20(18-7-3-2-4-8-18)21(26)25-9-5-6-10-25/h2-4,7-8,15,20H,5-6,9-14,16H2,1H3/p+2/t20-/m0/s1. The molecule has 0 spiro atoms. The van der Waals surface area contributed by atoms with Crippen LogP contribution in [-0.4, -0.2) is 55.2 Å². The Morgan fingerprint density at radius 2 is 1.85 bits per heavy atom. The SMILES string of the molecule is Cc1cc(C[NH+]2CC[NH+]([C@H](C(=O)N3CCCC3)c3ccccc3)CC2)no1. The van der Waals surface area contributed by atoms with Crippen molar-refractivity contribution in [2.45, 2.75) is 32.4 Å². The summed E-state index contributed by atoms with van der Waals surface area (Å²) in [5.41, 5.74) is 2.18. The van der Waals surface area contributed by atoms with Gasteiger partial charge in [-0.25, -0.2) is 0 Å². The fourth-order valence-corrected chi connectivity index (χ4v) is 4.47. The van der Waals surface area contributed by atoms with Crippen LogP contribution in [0.2, 0.25) is 0 Å². The van der Waals surface area contributed by atoms with Gasteiger partial charge in [-0.3, -0.25) is 4.79 Å². The molecule has 2 N–H and O–H groups in total. The highest BCUT2D eigenvalue weighted by atomic mass is 16.5. The summed E-state index contributed by atoms with van der Waals surface area (Å²) in [5, 5.41) is 4.13. The maximum atomic E-state index is 13.3. The Hall–Kier alpha value is -2.18. The first-order valence-electron chi connectivity index (χ1n) is 10.1. The summed E-state index contributed by atoms with van der Waals surface area (Å²) in [6.07, 6.45) is 2.27. The van der Waals surface area contributed by atoms with Crippen molar-refractivity contribution in [3.05, 3.63) is 53.4 Å². The van der Waals surface area contributed by atoms with Crippen LogP contribution < -0.4 is 9.80 Å². The molecule has 2 fully saturated rings. The molecule has 27 heavy (non-hydrogen) atoms. The number of piperazine rings is 1. The second kappa shape index (κ2) is 8.23. The van der Waals surface area contributed by atoms with E-state index >= 15 is 0 Å². The Bertz CT molecular complexity index is 747. The van der Waals surface area contributed by atoms with Crippen molar-refractivity contribution >= 4 is 5.91 Å². The van der Waals surface area contributed by atoms with Gasteiger partial charge < -0.3 is 19.2 Å². The van der Waals surface area contributed by atoms with Gasteiger partial charge >= 0.3 is 0 Å². The highest BCUT2D eigenvalue weighted by Gasteiger charge is 2.38. The number of quaternary nitrogens is 2. The zero-order chi connectivity index (χ0) is 18.6. The second-order valence-corrected chi connectivity index (χ2v) is 7.89. The number of benzene rings is 1. The van der Waals surface area contributed by atoms with Crippen molar-refractivity contribution in [2.24, 2.45) is 0 Å². The first-order valence-corrected chi connectivity index (χ1v) is 10.1. The maximum absolute atomic E-state index is 13.3. The Kier molecular flexibility index (Phi) is 5.55. The summed E-state index contributed by atoms with van der Waals surface area (Å²) < 4.78 is 5.19. The number of rotatable bonds is 5. The van der Waals surface area contributed by atoms with Crippen LogP contribution in [0.5, 0.6) is 0 Å². The van der Waals surface area contributed by atoms with Crippen LogP contribution in [0.3, 0.4) is 0 Å². The van der Waals surface area contributed by atoms with Crippen LogP contribution in [-0.2, 0) is 11.3 Å². The van der Waals surface area contributed by atoms with Crippen LogP contribution in [0.25, 0.3) is 0 Å². The van der Waals surface area contributed by atoms with Gasteiger partial charge in [0.2, 0.25) is 0 Å². The molecule has 144 valence electrons. The maximum Gasteiger partial charge on any atom is 0.285 e. The van der Waals surface area contributed by atoms with Gasteiger partial charge in [-0.2, -0.15) is 0 Å². The average Bonchev–Trinajstić information content (AvgIpc) is 3.36. The number of aryl methyl sites for hydroxylation is 1. The summed E-state index contributed by atoms with van der Waals surface area (Å²) in [6, 6.07) is 12.3. The van der Waals surface area contributed by atoms with E-state index in [1.165, 1.54) is 9.80 Å². The highest BCUT2D eigenvalue weighted by Crippen LogP contribution is 2.17. The van der Waals surface area contributed by atoms with Gasteiger partial charge in [-0.15, -0.1) is 0 Å². The molecule has 2 aliphatic heterocycles. The predicted molar refractivity (Wildman–Crippen MR) is 101 cm³/mol. The minimum Gasteiger partial charge on any atom is -0.361 e. The third-order valence-corrected chi connectivity index (χ3v) is 5.91. The minimum absolute atomic E-state index is 0.0693. The van der Waals surface area contributed by atoms with Crippen LogP contribution in [0.4, 0.5) is 0 Å². The number of nitrogens with zero attached hydrogens (tertiary/aromatic N) is 2. The largest absolute Gasteiger partial charge is 0.361 e. The number of nitrogens with one attached hydrogen (secondary N) is 2. The zero-order valence-corrected chi connectivity index (χ0v) is 16.1. The van der Waals surface area contributed by atoms with Gasteiger partial charge in [-0.05, 0) is 19.8 Å². The predicted octanol–water partition coefficient (Wildman–Crippen LogP) is -0.370. The molecule has 0 saturated carbocycles. The molecule has 3 heterocycles. The third kappa shape index (κ3) is 4.22. The Labute approximate surface area is 160 Å². The molecule has 1 aromatic carbocycles. The lowest BCUT2D eigenvalue weighted by Crippen LogP contribution is -3.28. The van der Waals surface area contributed by atoms with E-state index in [-0.39, 0.29) is 6.04 Å². The Morgan fingerprint density at radius 1 is 1.15 bits per heavy atom. The fourth-order valence-electron chi connectivity index (χ4n) is 4.47. The molecule has 1 aromatic heterocycles. The number of carbonyl (C=O) groups excluding carboxylic acids is 1. The minimum atomic E-state index is -0.0693. The smallest absolute Gasteiger partial charge is 0.285 e. The van der Waals surface area contributed by atoms with Crippen molar-refractivity contribution in [1.82, 2.24) is 10.1 Å². The molecule has 1 atom stereocenters. The monoisotopic (exact) mass is 370 g/mol. The first kappa shape index (κ1) is 18.2. The highest BCUT2D eigenvalue weighted by molar-refractivity contribution is 5.82. The number of aromatic nitrogens is 1. The lowest BCUT2D eigenvalue weighted by atomic mass is 10.0. The van der Waals surface area contributed by atoms with E-state index in [1.807, 2.05) is 31.2 Å². The van der Waals surface area contributed by atoms with E-state index in [0.717, 1.165) is 75.7 Å². The van der Waals surface area contributed by atoms with Crippen LogP contribution in [0.15, 0.2) is 40.9 Å². The first-order chi connectivity index (χ1) is 13.2. The van der Waals surface area contributed by atoms with E-state index in [0.29, 0.717) is 5.91 Å². The topological polar surface area (TPSA) is 55.2 Å². The summed E-state index contributed by atoms with van der Waals surface area (Å²) in [6.45, 7) is 8.78. The van der Waals surface area contributed by atoms with E-state index in [1.54, 1.807) is 0 Å². The van der Waals surface area contributed by atoms with E-state index < -0.39 is 0 Å². The number of carbonyl (C=O) groups is 1. The van der Waals surface area contributed by atoms with Crippen LogP contribution >= 0.6 is 0 Å². The number of hydrogen-bond acceptors (Lipinski definition) is 3. The molecule has 2 saturated heterocycles. The third-order valence-electron chi connectivity index (χ3n) is 5.91. The molecule has 6 heteroatoms. The molecule has 0 bridgehead atoms. The van der Waals surface area contributed by atoms with E-state index in [2.05, 4.69) is 22.2 Å². The van der Waals surface area contributed by atoms with Crippen molar-refractivity contribution < 1.29 is 19.1 Å². The molecular weight excluding hydrogens is 340 g/mol. The van der Waals surface area contributed by atoms with Gasteiger partial charge in [0.25, 0.3) is 5.91 Å². The summed E-state index contributed by atoms with van der Waals surface area (Å²) in [4.78, 5) is 18.3. The fraction of sp³-hybridized carbons (Fsp3) is 0.524. The van der Waals surface area contributed by atoms with Gasteiger partial charge in [0.05, 0.1) is 0 Å². The lowest BCUT2D eigenvalue weighted by molar-refractivity contribution is -1.03. The molecule has 0 aliphatic carbocycles. The number of likely N-dealkylation sites (tertiary alicyclic amines) is 1. The quantitative estimate of drug-likeness (QED) is 0.755. The molecule has 4 rings (SSSR count). The van der Waals surface area contributed by atoms with Crippen molar-refractivity contribution in [2.75, 3.05) is 39.3 Å². The second-order valence-electron chi connectivity index (χ2n) is 7.89. The normalized spacial score (nSPS) is 24.1. The summed E-state index contributed by atoms with van der Waals surface area (Å²) >= 11 is 0. The zero-order valence-electron chi connectivity index (χ0n) is 16.1. The van der Waals surface area contributed by atoms with Crippen LogP contribution in [0.1, 0.15) is 35.9 Å². The number of amides is 1. The average molecular weight is 370 g/mol. The number of hydrogen-bond donors (Lipinski definition) is 2. The van der Waals surface area contributed by atoms with Gasteiger partial charge in [-0.1, -0.05) is 35.5 Å². The molecule has 6 nitrogen and oxygen atoms in total. The van der Waals surface area contributed by atoms with E-state index in [4.69, 9.17) is 4.52 Å². The molecule has 2 aliphatic rings. The Morgan fingerprint density at radius 3 is 2.48 bits per heavy atom. The summed E-state index contributed by atoms with van der Waals surface area (Å²) in [7, 11) is 0.